The predicted molar refractivity (Wildman–Crippen MR) is 83.8 cm³/mol. The summed E-state index contributed by atoms with van der Waals surface area (Å²) in [6, 6.07) is 6.84. The molecule has 0 heterocycles. The second-order valence-electron chi connectivity index (χ2n) is 6.54. The molecule has 1 fully saturated rings. The van der Waals surface area contributed by atoms with Crippen LogP contribution in [0.2, 0.25) is 0 Å². The number of nitrogens with two attached hydrogens (primary N) is 1. The van der Waals surface area contributed by atoms with Gasteiger partial charge in [-0.2, -0.15) is 0 Å². The zero-order chi connectivity index (χ0) is 14.0. The lowest BCUT2D eigenvalue weighted by atomic mass is 9.76. The van der Waals surface area contributed by atoms with Crippen molar-refractivity contribution in [1.29, 1.82) is 0 Å². The lowest BCUT2D eigenvalue weighted by Gasteiger charge is -2.37. The molecule has 0 unspecified atom stereocenters. The maximum Gasteiger partial charge on any atom is 0.0430 e. The molecule has 1 aliphatic carbocycles. The van der Waals surface area contributed by atoms with E-state index in [1.807, 2.05) is 0 Å². The van der Waals surface area contributed by atoms with E-state index in [1.165, 1.54) is 36.1 Å². The maximum absolute atomic E-state index is 6.76. The van der Waals surface area contributed by atoms with E-state index in [2.05, 4.69) is 51.0 Å². The van der Waals surface area contributed by atoms with Crippen molar-refractivity contribution in [1.82, 2.24) is 0 Å². The van der Waals surface area contributed by atoms with Gasteiger partial charge in [0.1, 0.15) is 0 Å². The first-order valence-electron chi connectivity index (χ1n) is 7.55. The van der Waals surface area contributed by atoms with Crippen molar-refractivity contribution in [2.24, 2.45) is 5.73 Å². The molecule has 2 N–H and O–H groups in total. The molecule has 1 aliphatic rings. The van der Waals surface area contributed by atoms with Crippen molar-refractivity contribution in [3.05, 3.63) is 29.3 Å². The lowest BCUT2D eigenvalue weighted by Crippen LogP contribution is -2.40. The van der Waals surface area contributed by atoms with Gasteiger partial charge in [-0.25, -0.2) is 0 Å². The van der Waals surface area contributed by atoms with Crippen molar-refractivity contribution in [2.75, 3.05) is 19.0 Å². The van der Waals surface area contributed by atoms with E-state index in [0.29, 0.717) is 5.92 Å². The number of benzene rings is 1. The third kappa shape index (κ3) is 2.94. The molecule has 0 amide bonds. The number of hydrogen-bond acceptors (Lipinski definition) is 2. The summed E-state index contributed by atoms with van der Waals surface area (Å²) in [7, 11) is 4.22. The van der Waals surface area contributed by atoms with Crippen LogP contribution in [-0.4, -0.2) is 14.1 Å². The molecule has 2 nitrogen and oxygen atoms in total. The summed E-state index contributed by atoms with van der Waals surface area (Å²) in [6.07, 6.45) is 6.09. The van der Waals surface area contributed by atoms with Crippen molar-refractivity contribution >= 4 is 5.69 Å². The van der Waals surface area contributed by atoms with Crippen molar-refractivity contribution < 1.29 is 0 Å². The highest BCUT2D eigenvalue weighted by atomic mass is 15.1. The standard InChI is InChI=1S/C17H28N2/c1-13(2)14-8-9-16(19(3)4)15(12-14)17(18)10-6-5-7-11-17/h8-9,12-13H,5-7,10-11,18H2,1-4H3. The molecule has 2 rings (SSSR count). The minimum absolute atomic E-state index is 0.122. The van der Waals surface area contributed by atoms with E-state index in [9.17, 15) is 0 Å². The van der Waals surface area contributed by atoms with Gasteiger partial charge in [-0.3, -0.25) is 0 Å². The molecule has 2 heteroatoms. The first kappa shape index (κ1) is 14.4. The van der Waals surface area contributed by atoms with Crippen LogP contribution < -0.4 is 10.6 Å². The number of rotatable bonds is 3. The third-order valence-corrected chi connectivity index (χ3v) is 4.45. The monoisotopic (exact) mass is 260 g/mol. The van der Waals surface area contributed by atoms with E-state index in [0.717, 1.165) is 12.8 Å². The summed E-state index contributed by atoms with van der Waals surface area (Å²) in [5.41, 5.74) is 10.7. The first-order valence-corrected chi connectivity index (χ1v) is 7.55. The summed E-state index contributed by atoms with van der Waals surface area (Å²) < 4.78 is 0. The van der Waals surface area contributed by atoms with Gasteiger partial charge in [0.2, 0.25) is 0 Å². The summed E-state index contributed by atoms with van der Waals surface area (Å²) in [5.74, 6) is 0.558. The van der Waals surface area contributed by atoms with Gasteiger partial charge < -0.3 is 10.6 Å². The summed E-state index contributed by atoms with van der Waals surface area (Å²) in [6.45, 7) is 4.50. The predicted octanol–water partition coefficient (Wildman–Crippen LogP) is 3.99. The Labute approximate surface area is 118 Å². The van der Waals surface area contributed by atoms with Crippen molar-refractivity contribution in [3.8, 4) is 0 Å². The molecule has 0 aromatic heterocycles. The van der Waals surface area contributed by atoms with E-state index in [-0.39, 0.29) is 5.54 Å². The van der Waals surface area contributed by atoms with Crippen molar-refractivity contribution in [2.45, 2.75) is 57.4 Å². The molecule has 106 valence electrons. The SMILES string of the molecule is CC(C)c1ccc(N(C)C)c(C2(N)CCCCC2)c1. The molecule has 0 bridgehead atoms. The average molecular weight is 260 g/mol. The fourth-order valence-corrected chi connectivity index (χ4v) is 3.15. The zero-order valence-electron chi connectivity index (χ0n) is 12.9. The topological polar surface area (TPSA) is 29.3 Å². The van der Waals surface area contributed by atoms with Gasteiger partial charge in [-0.1, -0.05) is 45.2 Å². The second kappa shape index (κ2) is 5.54. The molecule has 1 saturated carbocycles. The average Bonchev–Trinajstić information content (AvgIpc) is 2.38. The highest BCUT2D eigenvalue weighted by Crippen LogP contribution is 2.40. The van der Waals surface area contributed by atoms with Gasteiger partial charge >= 0.3 is 0 Å². The maximum atomic E-state index is 6.76. The van der Waals surface area contributed by atoms with Crippen LogP contribution >= 0.6 is 0 Å². The van der Waals surface area contributed by atoms with E-state index in [1.54, 1.807) is 0 Å². The molecule has 0 aliphatic heterocycles. The van der Waals surface area contributed by atoms with Crippen LogP contribution in [-0.2, 0) is 5.54 Å². The summed E-state index contributed by atoms with van der Waals surface area (Å²) in [4.78, 5) is 2.20. The Morgan fingerprint density at radius 3 is 2.26 bits per heavy atom. The summed E-state index contributed by atoms with van der Waals surface area (Å²) >= 11 is 0. The Balaban J connectivity index is 2.47. The van der Waals surface area contributed by atoms with E-state index >= 15 is 0 Å². The normalized spacial score (nSPS) is 18.6. The Kier molecular flexibility index (Phi) is 4.19. The molecule has 1 aromatic rings. The van der Waals surface area contributed by atoms with Gasteiger partial charge in [0.15, 0.2) is 0 Å². The van der Waals surface area contributed by atoms with Gasteiger partial charge in [0.05, 0.1) is 0 Å². The van der Waals surface area contributed by atoms with Gasteiger partial charge in [0.25, 0.3) is 0 Å². The van der Waals surface area contributed by atoms with Crippen LogP contribution in [0.15, 0.2) is 18.2 Å². The molecule has 19 heavy (non-hydrogen) atoms. The highest BCUT2D eigenvalue weighted by molar-refractivity contribution is 5.57. The van der Waals surface area contributed by atoms with Crippen LogP contribution in [0.5, 0.6) is 0 Å². The van der Waals surface area contributed by atoms with Crippen LogP contribution in [0, 0.1) is 0 Å². The lowest BCUT2D eigenvalue weighted by molar-refractivity contribution is 0.302. The van der Waals surface area contributed by atoms with Gasteiger partial charge in [-0.05, 0) is 36.0 Å². The van der Waals surface area contributed by atoms with E-state index in [4.69, 9.17) is 5.73 Å². The zero-order valence-corrected chi connectivity index (χ0v) is 12.9. The Morgan fingerprint density at radius 1 is 1.11 bits per heavy atom. The highest BCUT2D eigenvalue weighted by Gasteiger charge is 2.32. The molecule has 0 atom stereocenters. The van der Waals surface area contributed by atoms with E-state index < -0.39 is 0 Å². The van der Waals surface area contributed by atoms with Crippen LogP contribution in [0.1, 0.15) is 63.0 Å². The smallest absolute Gasteiger partial charge is 0.0430 e. The molecule has 0 radical (unpaired) electrons. The van der Waals surface area contributed by atoms with Crippen LogP contribution in [0.25, 0.3) is 0 Å². The minimum Gasteiger partial charge on any atom is -0.377 e. The Hall–Kier alpha value is -1.02. The first-order chi connectivity index (χ1) is 8.94. The van der Waals surface area contributed by atoms with Crippen molar-refractivity contribution in [3.63, 3.8) is 0 Å². The number of nitrogens with zero attached hydrogens (tertiary/aromatic N) is 1. The van der Waals surface area contributed by atoms with Gasteiger partial charge in [0, 0.05) is 25.3 Å². The molecule has 0 spiro atoms. The number of anilines is 1. The van der Waals surface area contributed by atoms with Crippen LogP contribution in [0.3, 0.4) is 0 Å². The molecular formula is C17H28N2. The second-order valence-corrected chi connectivity index (χ2v) is 6.54. The van der Waals surface area contributed by atoms with Gasteiger partial charge in [-0.15, -0.1) is 0 Å². The molecule has 1 aromatic carbocycles. The van der Waals surface area contributed by atoms with Crippen LogP contribution in [0.4, 0.5) is 5.69 Å². The minimum atomic E-state index is -0.122. The molecular weight excluding hydrogens is 232 g/mol. The summed E-state index contributed by atoms with van der Waals surface area (Å²) in [5, 5.41) is 0. The Morgan fingerprint density at radius 2 is 1.74 bits per heavy atom. The number of hydrogen-bond donors (Lipinski definition) is 1. The molecule has 0 saturated heterocycles. The fourth-order valence-electron chi connectivity index (χ4n) is 3.15. The Bertz CT molecular complexity index is 429. The quantitative estimate of drug-likeness (QED) is 0.890. The largest absolute Gasteiger partial charge is 0.377 e. The fraction of sp³-hybridized carbons (Fsp3) is 0.647. The third-order valence-electron chi connectivity index (χ3n) is 4.45.